The molecule has 27 heavy (non-hydrogen) atoms. The number of primary amides is 1. The zero-order chi connectivity index (χ0) is 20.0. The van der Waals surface area contributed by atoms with Gasteiger partial charge in [0.25, 0.3) is 5.91 Å². The maximum atomic E-state index is 12.5. The third-order valence-electron chi connectivity index (χ3n) is 3.96. The van der Waals surface area contributed by atoms with Crippen LogP contribution in [-0.4, -0.2) is 17.8 Å². The summed E-state index contributed by atoms with van der Waals surface area (Å²) < 4.78 is 0. The van der Waals surface area contributed by atoms with Crippen molar-refractivity contribution in [3.05, 3.63) is 59.2 Å². The normalized spacial score (nSPS) is 10.4. The highest BCUT2D eigenvalue weighted by Crippen LogP contribution is 2.21. The van der Waals surface area contributed by atoms with Gasteiger partial charge >= 0.3 is 6.03 Å². The minimum atomic E-state index is -0.600. The Bertz CT molecular complexity index is 845. The number of urea groups is 1. The van der Waals surface area contributed by atoms with E-state index in [0.717, 1.165) is 11.1 Å². The topological polar surface area (TPSA) is 113 Å². The zero-order valence-corrected chi connectivity index (χ0v) is 15.6. The Hall–Kier alpha value is -3.35. The van der Waals surface area contributed by atoms with Crippen molar-refractivity contribution in [1.29, 1.82) is 0 Å². The summed E-state index contributed by atoms with van der Waals surface area (Å²) in [6.45, 7) is 5.81. The highest BCUT2D eigenvalue weighted by molar-refractivity contribution is 6.05. The second-order valence-electron chi connectivity index (χ2n) is 6.54. The quantitative estimate of drug-likeness (QED) is 0.628. The second-order valence-corrected chi connectivity index (χ2v) is 6.54. The fourth-order valence-electron chi connectivity index (χ4n) is 2.28. The Balaban J connectivity index is 2.08. The third kappa shape index (κ3) is 5.85. The van der Waals surface area contributed by atoms with Gasteiger partial charge in [0.05, 0.1) is 0 Å². The molecule has 0 aliphatic rings. The van der Waals surface area contributed by atoms with Gasteiger partial charge in [-0.15, -0.1) is 0 Å². The predicted octanol–water partition coefficient (Wildman–Crippen LogP) is 3.01. The Morgan fingerprint density at radius 3 is 2.26 bits per heavy atom. The van der Waals surface area contributed by atoms with Gasteiger partial charge in [0.15, 0.2) is 0 Å². The standard InChI is InChI=1S/C20H24N4O3/c1-12(2)18(25)23-16-9-4-13(3)17(10-16)24-19(26)15-7-5-14(6-8-15)11-22-20(21)27/h4-10,12H,11H2,1-3H3,(H,23,25)(H,24,26)(H3,21,22,27). The van der Waals surface area contributed by atoms with Crippen LogP contribution in [0.2, 0.25) is 0 Å². The van der Waals surface area contributed by atoms with E-state index in [1.165, 1.54) is 0 Å². The molecule has 0 saturated heterocycles. The fourth-order valence-corrected chi connectivity index (χ4v) is 2.28. The van der Waals surface area contributed by atoms with Crippen molar-refractivity contribution in [3.63, 3.8) is 0 Å². The summed E-state index contributed by atoms with van der Waals surface area (Å²) in [7, 11) is 0. The lowest BCUT2D eigenvalue weighted by atomic mass is 10.1. The molecule has 0 aliphatic carbocycles. The molecule has 0 spiro atoms. The van der Waals surface area contributed by atoms with E-state index < -0.39 is 6.03 Å². The van der Waals surface area contributed by atoms with Gasteiger partial charge in [-0.05, 0) is 42.3 Å². The van der Waals surface area contributed by atoms with E-state index >= 15 is 0 Å². The van der Waals surface area contributed by atoms with E-state index in [4.69, 9.17) is 5.73 Å². The monoisotopic (exact) mass is 368 g/mol. The van der Waals surface area contributed by atoms with E-state index in [9.17, 15) is 14.4 Å². The number of nitrogens with one attached hydrogen (secondary N) is 3. The van der Waals surface area contributed by atoms with Crippen LogP contribution >= 0.6 is 0 Å². The highest BCUT2D eigenvalue weighted by Gasteiger charge is 2.11. The molecule has 0 atom stereocenters. The molecule has 5 N–H and O–H groups in total. The van der Waals surface area contributed by atoms with Gasteiger partial charge in [0.2, 0.25) is 5.91 Å². The van der Waals surface area contributed by atoms with Crippen LogP contribution in [0.3, 0.4) is 0 Å². The maximum absolute atomic E-state index is 12.5. The van der Waals surface area contributed by atoms with Gasteiger partial charge in [-0.1, -0.05) is 32.0 Å². The van der Waals surface area contributed by atoms with E-state index in [1.807, 2.05) is 26.8 Å². The van der Waals surface area contributed by atoms with Crippen LogP contribution in [0.25, 0.3) is 0 Å². The molecule has 0 unspecified atom stereocenters. The lowest BCUT2D eigenvalue weighted by molar-refractivity contribution is -0.118. The summed E-state index contributed by atoms with van der Waals surface area (Å²) in [5.74, 6) is -0.483. The average molecular weight is 368 g/mol. The number of carbonyl (C=O) groups excluding carboxylic acids is 3. The smallest absolute Gasteiger partial charge is 0.312 e. The largest absolute Gasteiger partial charge is 0.352 e. The first-order valence-electron chi connectivity index (χ1n) is 8.61. The van der Waals surface area contributed by atoms with E-state index in [-0.39, 0.29) is 17.7 Å². The predicted molar refractivity (Wildman–Crippen MR) is 105 cm³/mol. The molecule has 0 fully saturated rings. The molecular formula is C20H24N4O3. The van der Waals surface area contributed by atoms with Crippen molar-refractivity contribution < 1.29 is 14.4 Å². The first-order chi connectivity index (χ1) is 12.8. The second kappa shape index (κ2) is 8.84. The first kappa shape index (κ1) is 20.0. The molecule has 2 aromatic carbocycles. The van der Waals surface area contributed by atoms with Crippen LogP contribution in [0.5, 0.6) is 0 Å². The van der Waals surface area contributed by atoms with Gasteiger partial charge in [-0.3, -0.25) is 9.59 Å². The van der Waals surface area contributed by atoms with Crippen LogP contribution in [0, 0.1) is 12.8 Å². The number of anilines is 2. The minimum absolute atomic E-state index is 0.0868. The summed E-state index contributed by atoms with van der Waals surface area (Å²) in [6.07, 6.45) is 0. The summed E-state index contributed by atoms with van der Waals surface area (Å²) in [6, 6.07) is 11.6. The van der Waals surface area contributed by atoms with Crippen molar-refractivity contribution in [2.45, 2.75) is 27.3 Å². The Morgan fingerprint density at radius 1 is 1.00 bits per heavy atom. The molecule has 2 aromatic rings. The number of hydrogen-bond donors (Lipinski definition) is 4. The summed E-state index contributed by atoms with van der Waals surface area (Å²) in [4.78, 5) is 35.1. The van der Waals surface area contributed by atoms with Crippen LogP contribution in [0.4, 0.5) is 16.2 Å². The Labute approximate surface area is 158 Å². The number of amides is 4. The molecule has 7 heteroatoms. The molecule has 7 nitrogen and oxygen atoms in total. The fraction of sp³-hybridized carbons (Fsp3) is 0.250. The molecule has 2 rings (SSSR count). The number of aryl methyl sites for hydroxylation is 1. The number of nitrogens with two attached hydrogens (primary N) is 1. The van der Waals surface area contributed by atoms with Crippen LogP contribution in [0.15, 0.2) is 42.5 Å². The van der Waals surface area contributed by atoms with Gasteiger partial charge in [0.1, 0.15) is 0 Å². The SMILES string of the molecule is Cc1ccc(NC(=O)C(C)C)cc1NC(=O)c1ccc(CNC(N)=O)cc1. The number of carbonyl (C=O) groups is 3. The number of benzene rings is 2. The molecule has 0 bridgehead atoms. The van der Waals surface area contributed by atoms with Gasteiger partial charge < -0.3 is 21.7 Å². The van der Waals surface area contributed by atoms with Crippen molar-refractivity contribution in [3.8, 4) is 0 Å². The molecule has 0 heterocycles. The molecule has 0 aliphatic heterocycles. The van der Waals surface area contributed by atoms with E-state index in [0.29, 0.717) is 23.5 Å². The molecule has 0 radical (unpaired) electrons. The Morgan fingerprint density at radius 2 is 1.67 bits per heavy atom. The molecule has 0 saturated carbocycles. The van der Waals surface area contributed by atoms with Crippen LogP contribution in [-0.2, 0) is 11.3 Å². The van der Waals surface area contributed by atoms with Crippen LogP contribution in [0.1, 0.15) is 35.3 Å². The number of hydrogen-bond acceptors (Lipinski definition) is 3. The molecule has 0 aromatic heterocycles. The molecular weight excluding hydrogens is 344 g/mol. The van der Waals surface area contributed by atoms with Crippen molar-refractivity contribution in [1.82, 2.24) is 5.32 Å². The zero-order valence-electron chi connectivity index (χ0n) is 15.6. The third-order valence-corrected chi connectivity index (χ3v) is 3.96. The van der Waals surface area contributed by atoms with Gasteiger partial charge in [-0.25, -0.2) is 4.79 Å². The molecule has 142 valence electrons. The summed E-state index contributed by atoms with van der Waals surface area (Å²) in [5.41, 5.74) is 8.49. The van der Waals surface area contributed by atoms with E-state index in [1.54, 1.807) is 36.4 Å². The van der Waals surface area contributed by atoms with Gasteiger partial charge in [0, 0.05) is 29.4 Å². The van der Waals surface area contributed by atoms with Gasteiger partial charge in [-0.2, -0.15) is 0 Å². The van der Waals surface area contributed by atoms with Crippen molar-refractivity contribution >= 4 is 29.2 Å². The lowest BCUT2D eigenvalue weighted by Crippen LogP contribution is -2.28. The minimum Gasteiger partial charge on any atom is -0.352 e. The van der Waals surface area contributed by atoms with Crippen molar-refractivity contribution in [2.24, 2.45) is 11.7 Å². The Kier molecular flexibility index (Phi) is 6.54. The van der Waals surface area contributed by atoms with E-state index in [2.05, 4.69) is 16.0 Å². The van der Waals surface area contributed by atoms with Crippen LogP contribution < -0.4 is 21.7 Å². The maximum Gasteiger partial charge on any atom is 0.312 e. The van der Waals surface area contributed by atoms with Crippen molar-refractivity contribution in [2.75, 3.05) is 10.6 Å². The number of rotatable bonds is 6. The summed E-state index contributed by atoms with van der Waals surface area (Å²) in [5, 5.41) is 8.17. The lowest BCUT2D eigenvalue weighted by Gasteiger charge is -2.13. The highest BCUT2D eigenvalue weighted by atomic mass is 16.2. The first-order valence-corrected chi connectivity index (χ1v) is 8.61. The average Bonchev–Trinajstić information content (AvgIpc) is 2.63. The summed E-state index contributed by atoms with van der Waals surface area (Å²) >= 11 is 0. The molecule has 4 amide bonds.